The molecule has 0 spiro atoms. The summed E-state index contributed by atoms with van der Waals surface area (Å²) in [5, 5.41) is 0. The monoisotopic (exact) mass is 370 g/mol. The van der Waals surface area contributed by atoms with E-state index in [4.69, 9.17) is 14.2 Å². The first-order chi connectivity index (χ1) is 13.2. The quantitative estimate of drug-likeness (QED) is 0.473. The van der Waals surface area contributed by atoms with Gasteiger partial charge >= 0.3 is 0 Å². The van der Waals surface area contributed by atoms with Crippen molar-refractivity contribution in [2.24, 2.45) is 0 Å². The molecule has 0 amide bonds. The average Bonchev–Trinajstić information content (AvgIpc) is 2.69. The van der Waals surface area contributed by atoms with E-state index in [-0.39, 0.29) is 6.61 Å². The Bertz CT molecular complexity index is 718. The Balaban J connectivity index is 1.72. The van der Waals surface area contributed by atoms with E-state index in [2.05, 4.69) is 28.9 Å². The first-order valence-electron chi connectivity index (χ1n) is 8.93. The van der Waals surface area contributed by atoms with Crippen LogP contribution in [0.25, 0.3) is 0 Å². The van der Waals surface area contributed by atoms with Crippen molar-refractivity contribution in [3.8, 4) is 17.6 Å². The number of anilines is 1. The van der Waals surface area contributed by atoms with Gasteiger partial charge in [0, 0.05) is 30.9 Å². The molecule has 0 aliphatic heterocycles. The van der Waals surface area contributed by atoms with Crippen LogP contribution in [0.5, 0.6) is 5.75 Å². The second-order valence-corrected chi connectivity index (χ2v) is 5.98. The maximum absolute atomic E-state index is 11.8. The number of benzene rings is 2. The molecular weight excluding hydrogens is 344 g/mol. The molecular formula is C22H26FNO3. The van der Waals surface area contributed by atoms with Gasteiger partial charge in [-0.25, -0.2) is 4.39 Å². The fourth-order valence-electron chi connectivity index (χ4n) is 2.22. The lowest BCUT2D eigenvalue weighted by Crippen LogP contribution is -2.11. The zero-order valence-corrected chi connectivity index (χ0v) is 15.9. The lowest BCUT2D eigenvalue weighted by atomic mass is 10.1. The summed E-state index contributed by atoms with van der Waals surface area (Å²) in [5.74, 6) is 7.09. The van der Waals surface area contributed by atoms with Gasteiger partial charge in [0.05, 0.1) is 26.4 Å². The summed E-state index contributed by atoms with van der Waals surface area (Å²) in [7, 11) is 4.03. The Morgan fingerprint density at radius 3 is 1.81 bits per heavy atom. The molecule has 0 aromatic heterocycles. The fraction of sp³-hybridized carbons (Fsp3) is 0.364. The zero-order valence-electron chi connectivity index (χ0n) is 15.9. The standard InChI is InChI=1S/C22H26FNO3/c1-24(2)21-9-5-19(6-10-21)3-4-20-7-11-22(12-8-20)27-18-17-26-16-15-25-14-13-23/h5-12H,13-18H2,1-2H3/i23-1. The third kappa shape index (κ3) is 8.12. The maximum atomic E-state index is 11.8. The van der Waals surface area contributed by atoms with Crippen LogP contribution in [0.15, 0.2) is 48.5 Å². The Hall–Kier alpha value is -2.55. The van der Waals surface area contributed by atoms with Gasteiger partial charge in [-0.1, -0.05) is 11.8 Å². The zero-order chi connectivity index (χ0) is 19.3. The second-order valence-electron chi connectivity index (χ2n) is 5.98. The summed E-state index contributed by atoms with van der Waals surface area (Å²) >= 11 is 0. The van der Waals surface area contributed by atoms with E-state index < -0.39 is 6.67 Å². The third-order valence-electron chi connectivity index (χ3n) is 3.68. The van der Waals surface area contributed by atoms with E-state index in [1.807, 2.05) is 50.5 Å². The fourth-order valence-corrected chi connectivity index (χ4v) is 2.22. The molecule has 0 radical (unpaired) electrons. The summed E-state index contributed by atoms with van der Waals surface area (Å²) in [6, 6.07) is 15.8. The molecule has 0 aliphatic rings. The van der Waals surface area contributed by atoms with Crippen molar-refractivity contribution in [2.45, 2.75) is 0 Å². The Kier molecular flexibility index (Phi) is 9.19. The smallest absolute Gasteiger partial charge is 0.119 e. The predicted molar refractivity (Wildman–Crippen MR) is 106 cm³/mol. The maximum Gasteiger partial charge on any atom is 0.119 e. The van der Waals surface area contributed by atoms with Crippen molar-refractivity contribution < 1.29 is 18.6 Å². The van der Waals surface area contributed by atoms with Gasteiger partial charge in [-0.3, -0.25) is 0 Å². The molecule has 0 atom stereocenters. The minimum absolute atomic E-state index is 0.122. The number of nitrogens with zero attached hydrogens (tertiary/aromatic N) is 1. The van der Waals surface area contributed by atoms with Gasteiger partial charge in [-0.15, -0.1) is 0 Å². The van der Waals surface area contributed by atoms with Crippen molar-refractivity contribution in [3.63, 3.8) is 0 Å². The van der Waals surface area contributed by atoms with Crippen LogP contribution >= 0.6 is 0 Å². The lowest BCUT2D eigenvalue weighted by molar-refractivity contribution is 0.0325. The van der Waals surface area contributed by atoms with Crippen LogP contribution < -0.4 is 9.64 Å². The molecule has 0 heterocycles. The Labute approximate surface area is 160 Å². The summed E-state index contributed by atoms with van der Waals surface area (Å²) in [6.45, 7) is 1.40. The number of alkyl halides is 1. The molecule has 5 heteroatoms. The normalized spacial score (nSPS) is 10.2. The molecule has 0 N–H and O–H groups in total. The third-order valence-corrected chi connectivity index (χ3v) is 3.68. The molecule has 0 fully saturated rings. The van der Waals surface area contributed by atoms with Gasteiger partial charge in [0.25, 0.3) is 0 Å². The highest BCUT2D eigenvalue weighted by Crippen LogP contribution is 2.13. The SMILES string of the molecule is CN(C)c1ccc(C#Cc2ccc(OCCOCCOCC[18F])cc2)cc1. The van der Waals surface area contributed by atoms with Crippen molar-refractivity contribution >= 4 is 5.69 Å². The molecule has 0 saturated heterocycles. The van der Waals surface area contributed by atoms with Crippen LogP contribution in [0, 0.1) is 11.8 Å². The molecule has 27 heavy (non-hydrogen) atoms. The van der Waals surface area contributed by atoms with E-state index in [9.17, 15) is 4.39 Å². The first-order valence-corrected chi connectivity index (χ1v) is 8.93. The summed E-state index contributed by atoms with van der Waals surface area (Å²) < 4.78 is 27.7. The van der Waals surface area contributed by atoms with Crippen LogP contribution in [-0.2, 0) is 9.47 Å². The lowest BCUT2D eigenvalue weighted by Gasteiger charge is -2.11. The van der Waals surface area contributed by atoms with E-state index in [0.29, 0.717) is 26.4 Å². The van der Waals surface area contributed by atoms with Crippen molar-refractivity contribution in [1.29, 1.82) is 0 Å². The van der Waals surface area contributed by atoms with Crippen molar-refractivity contribution in [1.82, 2.24) is 0 Å². The molecule has 144 valence electrons. The average molecular weight is 370 g/mol. The van der Waals surface area contributed by atoms with Gasteiger partial charge in [0.2, 0.25) is 0 Å². The van der Waals surface area contributed by atoms with E-state index in [0.717, 1.165) is 22.6 Å². The van der Waals surface area contributed by atoms with Crippen LogP contribution in [0.1, 0.15) is 11.1 Å². The van der Waals surface area contributed by atoms with Crippen LogP contribution in [-0.4, -0.2) is 53.8 Å². The molecule has 2 rings (SSSR count). The minimum atomic E-state index is -0.466. The molecule has 2 aromatic carbocycles. The van der Waals surface area contributed by atoms with E-state index in [1.54, 1.807) is 0 Å². The molecule has 0 saturated carbocycles. The van der Waals surface area contributed by atoms with Crippen LogP contribution in [0.3, 0.4) is 0 Å². The number of ether oxygens (including phenoxy) is 3. The predicted octanol–water partition coefficient (Wildman–Crippen LogP) is 3.53. The Morgan fingerprint density at radius 2 is 1.26 bits per heavy atom. The molecule has 2 aromatic rings. The number of rotatable bonds is 10. The molecule has 4 nitrogen and oxygen atoms in total. The molecule has 0 bridgehead atoms. The van der Waals surface area contributed by atoms with Gasteiger partial charge in [0.1, 0.15) is 19.0 Å². The molecule has 0 aliphatic carbocycles. The van der Waals surface area contributed by atoms with E-state index >= 15 is 0 Å². The largest absolute Gasteiger partial charge is 0.491 e. The number of halogens is 1. The highest BCUT2D eigenvalue weighted by atomic mass is 18.2. The second kappa shape index (κ2) is 11.9. The summed E-state index contributed by atoms with van der Waals surface area (Å²) in [5.41, 5.74) is 3.06. The highest BCUT2D eigenvalue weighted by molar-refractivity contribution is 5.51. The Morgan fingerprint density at radius 1 is 0.741 bits per heavy atom. The van der Waals surface area contributed by atoms with Crippen molar-refractivity contribution in [2.75, 3.05) is 58.7 Å². The van der Waals surface area contributed by atoms with Crippen LogP contribution in [0.4, 0.5) is 10.1 Å². The topological polar surface area (TPSA) is 30.9 Å². The van der Waals surface area contributed by atoms with Gasteiger partial charge < -0.3 is 19.1 Å². The minimum Gasteiger partial charge on any atom is -0.491 e. The van der Waals surface area contributed by atoms with Gasteiger partial charge in [0.15, 0.2) is 0 Å². The van der Waals surface area contributed by atoms with Gasteiger partial charge in [-0.05, 0) is 48.5 Å². The number of hydrogen-bond acceptors (Lipinski definition) is 4. The van der Waals surface area contributed by atoms with E-state index in [1.165, 1.54) is 0 Å². The van der Waals surface area contributed by atoms with Gasteiger partial charge in [-0.2, -0.15) is 0 Å². The molecule has 0 unspecified atom stereocenters. The first kappa shape index (κ1) is 20.8. The summed E-state index contributed by atoms with van der Waals surface area (Å²) in [6.07, 6.45) is 0. The highest BCUT2D eigenvalue weighted by Gasteiger charge is 1.96. The summed E-state index contributed by atoms with van der Waals surface area (Å²) in [4.78, 5) is 2.06. The van der Waals surface area contributed by atoms with Crippen LogP contribution in [0.2, 0.25) is 0 Å². The van der Waals surface area contributed by atoms with Crippen molar-refractivity contribution in [3.05, 3.63) is 59.7 Å². The number of hydrogen-bond donors (Lipinski definition) is 0.